The van der Waals surface area contributed by atoms with Gasteiger partial charge in [0.05, 0.1) is 12.1 Å². The summed E-state index contributed by atoms with van der Waals surface area (Å²) in [6.45, 7) is -0.207. The molecule has 1 aliphatic carbocycles. The molecule has 0 saturated heterocycles. The fourth-order valence-electron chi connectivity index (χ4n) is 2.92. The van der Waals surface area contributed by atoms with Crippen molar-refractivity contribution in [2.45, 2.75) is 37.8 Å². The third kappa shape index (κ3) is 2.56. The van der Waals surface area contributed by atoms with Crippen LogP contribution in [-0.2, 0) is 11.3 Å². The van der Waals surface area contributed by atoms with Crippen LogP contribution in [0.4, 0.5) is 0 Å². The smallest absolute Gasteiger partial charge is 0.350 e. The molecule has 1 fully saturated rings. The zero-order valence-electron chi connectivity index (χ0n) is 11.7. The molecule has 1 saturated carbocycles. The maximum absolute atomic E-state index is 12.1. The van der Waals surface area contributed by atoms with Crippen molar-refractivity contribution in [3.8, 4) is 0 Å². The van der Waals surface area contributed by atoms with Crippen LogP contribution in [0.1, 0.15) is 25.7 Å². The molecule has 1 aliphatic rings. The van der Waals surface area contributed by atoms with Gasteiger partial charge in [0, 0.05) is 6.20 Å². The maximum Gasteiger partial charge on any atom is 0.350 e. The zero-order chi connectivity index (χ0) is 14.9. The molecule has 2 aromatic rings. The van der Waals surface area contributed by atoms with E-state index in [0.717, 1.165) is 30.4 Å². The average Bonchev–Trinajstić information content (AvgIpc) is 3.06. The number of hydrogen-bond acceptors (Lipinski definition) is 4. The third-order valence-electron chi connectivity index (χ3n) is 4.05. The summed E-state index contributed by atoms with van der Waals surface area (Å²) in [6.07, 6.45) is 5.15. The lowest BCUT2D eigenvalue weighted by Gasteiger charge is -2.27. The summed E-state index contributed by atoms with van der Waals surface area (Å²) in [4.78, 5) is 24.2. The molecule has 2 aromatic heterocycles. The van der Waals surface area contributed by atoms with Crippen LogP contribution >= 0.6 is 0 Å². The van der Waals surface area contributed by atoms with Crippen LogP contribution in [0, 0.1) is 0 Å². The minimum absolute atomic E-state index is 0.0706. The Labute approximate surface area is 121 Å². The van der Waals surface area contributed by atoms with E-state index < -0.39 is 5.54 Å². The van der Waals surface area contributed by atoms with Gasteiger partial charge in [-0.3, -0.25) is 9.20 Å². The number of nitrogens with zero attached hydrogens (tertiary/aromatic N) is 3. The lowest BCUT2D eigenvalue weighted by Crippen LogP contribution is -2.50. The Morgan fingerprint density at radius 3 is 2.81 bits per heavy atom. The summed E-state index contributed by atoms with van der Waals surface area (Å²) >= 11 is 0. The van der Waals surface area contributed by atoms with Crippen LogP contribution in [0.15, 0.2) is 29.2 Å². The number of nitrogens with one attached hydrogen (secondary N) is 1. The topological polar surface area (TPSA) is 88.6 Å². The molecule has 0 unspecified atom stereocenters. The van der Waals surface area contributed by atoms with E-state index in [1.807, 2.05) is 0 Å². The summed E-state index contributed by atoms with van der Waals surface area (Å²) in [6, 6.07) is 5.23. The fourth-order valence-corrected chi connectivity index (χ4v) is 2.92. The molecular weight excluding hydrogens is 272 g/mol. The monoisotopic (exact) mass is 290 g/mol. The van der Waals surface area contributed by atoms with Crippen molar-refractivity contribution in [1.82, 2.24) is 19.5 Å². The van der Waals surface area contributed by atoms with E-state index in [2.05, 4.69) is 10.4 Å². The lowest BCUT2D eigenvalue weighted by molar-refractivity contribution is -0.124. The predicted molar refractivity (Wildman–Crippen MR) is 75.9 cm³/mol. The van der Waals surface area contributed by atoms with E-state index in [-0.39, 0.29) is 24.7 Å². The second-order valence-electron chi connectivity index (χ2n) is 5.56. The molecule has 2 heterocycles. The molecule has 0 aliphatic heterocycles. The SMILES string of the molecule is O=C(Cn1nc2ccccn2c1=O)NC1(CO)CCCC1. The first-order chi connectivity index (χ1) is 10.1. The van der Waals surface area contributed by atoms with Gasteiger partial charge in [0.2, 0.25) is 5.91 Å². The Balaban J connectivity index is 1.77. The first-order valence-corrected chi connectivity index (χ1v) is 7.10. The van der Waals surface area contributed by atoms with Gasteiger partial charge in [0.15, 0.2) is 5.65 Å². The number of aromatic nitrogens is 3. The Bertz CT molecular complexity index is 712. The van der Waals surface area contributed by atoms with Crippen molar-refractivity contribution in [3.63, 3.8) is 0 Å². The molecule has 2 N–H and O–H groups in total. The highest BCUT2D eigenvalue weighted by molar-refractivity contribution is 5.76. The van der Waals surface area contributed by atoms with Crippen LogP contribution in [0.3, 0.4) is 0 Å². The number of hydrogen-bond donors (Lipinski definition) is 2. The van der Waals surface area contributed by atoms with Crippen LogP contribution in [0.2, 0.25) is 0 Å². The Morgan fingerprint density at radius 1 is 1.38 bits per heavy atom. The van der Waals surface area contributed by atoms with Crippen molar-refractivity contribution in [2.24, 2.45) is 0 Å². The Kier molecular flexibility index (Phi) is 3.50. The number of aliphatic hydroxyl groups is 1. The average molecular weight is 290 g/mol. The van der Waals surface area contributed by atoms with Crippen molar-refractivity contribution in [2.75, 3.05) is 6.61 Å². The Morgan fingerprint density at radius 2 is 2.14 bits per heavy atom. The summed E-state index contributed by atoms with van der Waals surface area (Å²) < 4.78 is 2.54. The van der Waals surface area contributed by atoms with Gasteiger partial charge in [0.1, 0.15) is 6.54 Å². The van der Waals surface area contributed by atoms with E-state index >= 15 is 0 Å². The second-order valence-corrected chi connectivity index (χ2v) is 5.56. The maximum atomic E-state index is 12.1. The number of fused-ring (bicyclic) bond motifs is 1. The molecule has 112 valence electrons. The molecule has 21 heavy (non-hydrogen) atoms. The number of rotatable bonds is 4. The largest absolute Gasteiger partial charge is 0.394 e. The van der Waals surface area contributed by atoms with Gasteiger partial charge >= 0.3 is 5.69 Å². The highest BCUT2D eigenvalue weighted by Gasteiger charge is 2.34. The van der Waals surface area contributed by atoms with E-state index in [1.165, 1.54) is 4.40 Å². The van der Waals surface area contributed by atoms with Crippen LogP contribution in [-0.4, -0.2) is 37.3 Å². The van der Waals surface area contributed by atoms with E-state index in [4.69, 9.17) is 0 Å². The van der Waals surface area contributed by atoms with E-state index in [1.54, 1.807) is 24.4 Å². The third-order valence-corrected chi connectivity index (χ3v) is 4.05. The van der Waals surface area contributed by atoms with Gasteiger partial charge in [-0.2, -0.15) is 0 Å². The minimum Gasteiger partial charge on any atom is -0.394 e. The predicted octanol–water partition coefficient (Wildman–Crippen LogP) is -0.0827. The molecule has 7 nitrogen and oxygen atoms in total. The number of carbonyl (C=O) groups excluding carboxylic acids is 1. The summed E-state index contributed by atoms with van der Waals surface area (Å²) in [7, 11) is 0. The molecule has 3 rings (SSSR count). The number of carbonyl (C=O) groups is 1. The van der Waals surface area contributed by atoms with Crippen molar-refractivity contribution >= 4 is 11.6 Å². The van der Waals surface area contributed by atoms with Gasteiger partial charge in [-0.25, -0.2) is 9.48 Å². The minimum atomic E-state index is -0.528. The quantitative estimate of drug-likeness (QED) is 0.824. The summed E-state index contributed by atoms with van der Waals surface area (Å²) in [5, 5.41) is 16.5. The second kappa shape index (κ2) is 5.33. The Hall–Kier alpha value is -2.15. The van der Waals surface area contributed by atoms with Gasteiger partial charge in [0.25, 0.3) is 0 Å². The zero-order valence-corrected chi connectivity index (χ0v) is 11.7. The van der Waals surface area contributed by atoms with Gasteiger partial charge < -0.3 is 10.4 Å². The fraction of sp³-hybridized carbons (Fsp3) is 0.500. The number of amides is 1. The van der Waals surface area contributed by atoms with Crippen LogP contribution < -0.4 is 11.0 Å². The van der Waals surface area contributed by atoms with Gasteiger partial charge in [-0.1, -0.05) is 18.9 Å². The van der Waals surface area contributed by atoms with Crippen molar-refractivity contribution in [3.05, 3.63) is 34.9 Å². The van der Waals surface area contributed by atoms with Crippen molar-refractivity contribution in [1.29, 1.82) is 0 Å². The van der Waals surface area contributed by atoms with E-state index in [0.29, 0.717) is 5.65 Å². The van der Waals surface area contributed by atoms with Gasteiger partial charge in [-0.05, 0) is 25.0 Å². The molecular formula is C14H18N4O3. The lowest BCUT2D eigenvalue weighted by atomic mass is 9.99. The molecule has 7 heteroatoms. The normalized spacial score (nSPS) is 17.2. The highest BCUT2D eigenvalue weighted by Crippen LogP contribution is 2.28. The van der Waals surface area contributed by atoms with Crippen LogP contribution in [0.25, 0.3) is 5.65 Å². The first-order valence-electron chi connectivity index (χ1n) is 7.10. The number of aliphatic hydroxyl groups excluding tert-OH is 1. The molecule has 0 atom stereocenters. The summed E-state index contributed by atoms with van der Waals surface area (Å²) in [5.74, 6) is -0.295. The molecule has 0 spiro atoms. The highest BCUT2D eigenvalue weighted by atomic mass is 16.3. The standard InChI is InChI=1S/C14H18N4O3/c19-10-14(6-2-3-7-14)15-12(20)9-18-13(21)17-8-4-1-5-11(17)16-18/h1,4-5,8,19H,2-3,6-7,9-10H2,(H,15,20). The molecule has 0 aromatic carbocycles. The van der Waals surface area contributed by atoms with E-state index in [9.17, 15) is 14.7 Å². The molecule has 1 amide bonds. The van der Waals surface area contributed by atoms with Crippen molar-refractivity contribution < 1.29 is 9.90 Å². The number of pyridine rings is 1. The first kappa shape index (κ1) is 13.8. The molecule has 0 radical (unpaired) electrons. The van der Waals surface area contributed by atoms with Gasteiger partial charge in [-0.15, -0.1) is 5.10 Å². The molecule has 0 bridgehead atoms. The summed E-state index contributed by atoms with van der Waals surface area (Å²) in [5.41, 5.74) is -0.363. The van der Waals surface area contributed by atoms with Crippen LogP contribution in [0.5, 0.6) is 0 Å².